The van der Waals surface area contributed by atoms with E-state index in [2.05, 4.69) is 29.0 Å². The average molecular weight is 535 g/mol. The van der Waals surface area contributed by atoms with Gasteiger partial charge in [0.15, 0.2) is 11.5 Å². The Morgan fingerprint density at radius 3 is 2.29 bits per heavy atom. The summed E-state index contributed by atoms with van der Waals surface area (Å²) in [7, 11) is 0. The predicted molar refractivity (Wildman–Crippen MR) is 141 cm³/mol. The quantitative estimate of drug-likeness (QED) is 0.442. The second-order valence-electron chi connectivity index (χ2n) is 11.6. The molecular weight excluding hydrogens is 493 g/mol. The fourth-order valence-electron chi connectivity index (χ4n) is 6.09. The van der Waals surface area contributed by atoms with Crippen LogP contribution in [-0.4, -0.2) is 60.0 Å². The summed E-state index contributed by atoms with van der Waals surface area (Å²) in [6.45, 7) is 13.4. The molecule has 2 atom stereocenters. The van der Waals surface area contributed by atoms with Crippen LogP contribution in [0.3, 0.4) is 0 Å². The number of nitrogens with one attached hydrogen (secondary N) is 1. The molecule has 1 aromatic carbocycles. The van der Waals surface area contributed by atoms with Crippen molar-refractivity contribution in [3.05, 3.63) is 40.8 Å². The monoisotopic (exact) mass is 534 g/mol. The number of aryl methyl sites for hydroxylation is 2. The average Bonchev–Trinajstić information content (AvgIpc) is 3.25. The van der Waals surface area contributed by atoms with Gasteiger partial charge in [-0.3, -0.25) is 9.69 Å². The van der Waals surface area contributed by atoms with Crippen molar-refractivity contribution < 1.29 is 22.4 Å². The number of benzene rings is 1. The molecule has 2 saturated heterocycles. The summed E-state index contributed by atoms with van der Waals surface area (Å²) < 4.78 is 47.0. The van der Waals surface area contributed by atoms with Gasteiger partial charge in [0, 0.05) is 31.1 Å². The highest BCUT2D eigenvalue weighted by atomic mass is 19.4. The number of amides is 1. The van der Waals surface area contributed by atoms with E-state index in [0.29, 0.717) is 38.0 Å². The number of rotatable bonds is 8. The fourth-order valence-corrected chi connectivity index (χ4v) is 6.09. The maximum atomic E-state index is 13.8. The molecule has 2 aliphatic rings. The van der Waals surface area contributed by atoms with Crippen LogP contribution in [0, 0.1) is 31.6 Å². The molecule has 0 unspecified atom stereocenters. The predicted octanol–water partition coefficient (Wildman–Crippen LogP) is 5.67. The van der Waals surface area contributed by atoms with Gasteiger partial charge < -0.3 is 14.6 Å². The number of oxazole rings is 1. The van der Waals surface area contributed by atoms with Crippen molar-refractivity contribution in [2.45, 2.75) is 66.1 Å². The summed E-state index contributed by atoms with van der Waals surface area (Å²) in [6.07, 6.45) is -1.15. The van der Waals surface area contributed by atoms with Crippen LogP contribution in [0.4, 0.5) is 13.2 Å². The van der Waals surface area contributed by atoms with Crippen LogP contribution in [0.15, 0.2) is 22.6 Å². The first-order valence-corrected chi connectivity index (χ1v) is 13.9. The third-order valence-corrected chi connectivity index (χ3v) is 7.65. The van der Waals surface area contributed by atoms with Gasteiger partial charge in [0.2, 0.25) is 11.8 Å². The number of halogens is 3. The lowest BCUT2D eigenvalue weighted by atomic mass is 9.92. The van der Waals surface area contributed by atoms with Crippen LogP contribution < -0.4 is 5.32 Å². The summed E-state index contributed by atoms with van der Waals surface area (Å²) >= 11 is 0. The number of aromatic nitrogens is 1. The number of alkyl halides is 3. The zero-order valence-corrected chi connectivity index (χ0v) is 23.0. The third kappa shape index (κ3) is 7.59. The van der Waals surface area contributed by atoms with Crippen LogP contribution in [0.5, 0.6) is 0 Å². The molecule has 3 heterocycles. The second kappa shape index (κ2) is 12.2. The number of likely N-dealkylation sites (tertiary alicyclic amines) is 2. The number of hydrogen-bond acceptors (Lipinski definition) is 5. The van der Waals surface area contributed by atoms with Gasteiger partial charge in [-0.15, -0.1) is 0 Å². The van der Waals surface area contributed by atoms with E-state index in [-0.39, 0.29) is 30.0 Å². The molecule has 1 N–H and O–H groups in total. The van der Waals surface area contributed by atoms with E-state index in [1.54, 1.807) is 12.1 Å². The molecule has 0 bridgehead atoms. The van der Waals surface area contributed by atoms with Crippen molar-refractivity contribution in [2.75, 3.05) is 39.3 Å². The Morgan fingerprint density at radius 1 is 1.05 bits per heavy atom. The molecule has 9 heteroatoms. The Labute approximate surface area is 224 Å². The van der Waals surface area contributed by atoms with Crippen molar-refractivity contribution in [2.24, 2.45) is 17.8 Å². The first-order chi connectivity index (χ1) is 18.0. The van der Waals surface area contributed by atoms with Crippen LogP contribution in [0.1, 0.15) is 62.1 Å². The Kier molecular flexibility index (Phi) is 9.19. The first kappa shape index (κ1) is 28.6. The second-order valence-corrected chi connectivity index (χ2v) is 11.6. The highest BCUT2D eigenvalue weighted by molar-refractivity contribution is 5.78. The molecule has 4 rings (SSSR count). The Hall–Kier alpha value is -2.39. The highest BCUT2D eigenvalue weighted by Gasteiger charge is 2.40. The maximum absolute atomic E-state index is 13.8. The lowest BCUT2D eigenvalue weighted by Crippen LogP contribution is -2.42. The molecular formula is C29H41F3N4O2. The number of carbonyl (C=O) groups is 1. The molecule has 0 radical (unpaired) electrons. The van der Waals surface area contributed by atoms with Gasteiger partial charge >= 0.3 is 6.18 Å². The van der Waals surface area contributed by atoms with Crippen molar-refractivity contribution >= 4 is 5.91 Å². The molecule has 0 spiro atoms. The Morgan fingerprint density at radius 2 is 1.68 bits per heavy atom. The van der Waals surface area contributed by atoms with Crippen LogP contribution >= 0.6 is 0 Å². The molecule has 38 heavy (non-hydrogen) atoms. The SMILES string of the molecule is Cc1cc(C)cc(-c2nc(C(F)(F)F)c(CN3CCC(C(=O)NCCCN4C[C@H](C)C[C@H](C)C4)CC3)o2)c1. The lowest BCUT2D eigenvalue weighted by molar-refractivity contribution is -0.142. The summed E-state index contributed by atoms with van der Waals surface area (Å²) in [4.78, 5) is 21.0. The van der Waals surface area contributed by atoms with Gasteiger partial charge in [0.05, 0.1) is 6.54 Å². The Bertz CT molecular complexity index is 1060. The van der Waals surface area contributed by atoms with E-state index in [0.717, 1.165) is 49.0 Å². The number of nitrogens with zero attached hydrogens (tertiary/aromatic N) is 3. The number of piperidine rings is 2. The van der Waals surface area contributed by atoms with Crippen molar-refractivity contribution in [1.82, 2.24) is 20.1 Å². The molecule has 2 fully saturated rings. The molecule has 0 saturated carbocycles. The van der Waals surface area contributed by atoms with Gasteiger partial charge in [0.1, 0.15) is 0 Å². The summed E-state index contributed by atoms with van der Waals surface area (Å²) in [5, 5.41) is 3.08. The van der Waals surface area contributed by atoms with Gasteiger partial charge in [-0.05, 0) is 83.1 Å². The lowest BCUT2D eigenvalue weighted by Gasteiger charge is -2.35. The molecule has 2 aliphatic heterocycles. The van der Waals surface area contributed by atoms with Crippen molar-refractivity contribution in [3.8, 4) is 11.5 Å². The van der Waals surface area contributed by atoms with Crippen LogP contribution in [-0.2, 0) is 17.5 Å². The van der Waals surface area contributed by atoms with E-state index in [1.807, 2.05) is 24.8 Å². The van der Waals surface area contributed by atoms with Crippen molar-refractivity contribution in [3.63, 3.8) is 0 Å². The van der Waals surface area contributed by atoms with Crippen molar-refractivity contribution in [1.29, 1.82) is 0 Å². The van der Waals surface area contributed by atoms with Gasteiger partial charge in [-0.25, -0.2) is 4.98 Å². The first-order valence-electron chi connectivity index (χ1n) is 13.9. The summed E-state index contributed by atoms with van der Waals surface area (Å²) in [5.41, 5.74) is 1.44. The molecule has 2 aromatic rings. The number of carbonyl (C=O) groups excluding carboxylic acids is 1. The van der Waals surface area contributed by atoms with E-state index in [9.17, 15) is 18.0 Å². The molecule has 210 valence electrons. The maximum Gasteiger partial charge on any atom is 0.436 e. The van der Waals surface area contributed by atoms with Gasteiger partial charge in [-0.2, -0.15) is 13.2 Å². The van der Waals surface area contributed by atoms with Crippen LogP contribution in [0.2, 0.25) is 0 Å². The summed E-state index contributed by atoms with van der Waals surface area (Å²) in [5.74, 6) is 1.21. The molecule has 0 aliphatic carbocycles. The van der Waals surface area contributed by atoms with E-state index in [4.69, 9.17) is 4.42 Å². The standard InChI is InChI=1S/C29H41F3N4O2/c1-19-12-20(2)15-24(14-19)28-34-26(29(30,31)32)25(38-28)18-35-10-6-23(7-11-35)27(37)33-8-5-9-36-16-21(3)13-22(4)17-36/h12,14-15,21-23H,5-11,13,16-18H2,1-4H3,(H,33,37)/t21-,22+. The minimum atomic E-state index is -4.60. The largest absolute Gasteiger partial charge is 0.439 e. The van der Waals surface area contributed by atoms with E-state index < -0.39 is 11.9 Å². The van der Waals surface area contributed by atoms with E-state index in [1.165, 1.54) is 6.42 Å². The smallest absolute Gasteiger partial charge is 0.436 e. The normalized spacial score (nSPS) is 22.1. The minimum absolute atomic E-state index is 0.0122. The Balaban J connectivity index is 1.27. The topological polar surface area (TPSA) is 61.6 Å². The minimum Gasteiger partial charge on any atom is -0.439 e. The summed E-state index contributed by atoms with van der Waals surface area (Å²) in [6, 6.07) is 5.51. The number of hydrogen-bond donors (Lipinski definition) is 1. The molecule has 1 amide bonds. The van der Waals surface area contributed by atoms with Gasteiger partial charge in [0.25, 0.3) is 0 Å². The molecule has 6 nitrogen and oxygen atoms in total. The zero-order valence-electron chi connectivity index (χ0n) is 23.0. The molecule has 1 aromatic heterocycles. The zero-order chi connectivity index (χ0) is 27.4. The highest BCUT2D eigenvalue weighted by Crippen LogP contribution is 2.36. The third-order valence-electron chi connectivity index (χ3n) is 7.65. The van der Waals surface area contributed by atoms with Crippen LogP contribution in [0.25, 0.3) is 11.5 Å². The fraction of sp³-hybridized carbons (Fsp3) is 0.655. The van der Waals surface area contributed by atoms with E-state index >= 15 is 0 Å². The van der Waals surface area contributed by atoms with Gasteiger partial charge in [-0.1, -0.05) is 31.0 Å².